The summed E-state index contributed by atoms with van der Waals surface area (Å²) in [5.74, 6) is 0.591. The van der Waals surface area contributed by atoms with Gasteiger partial charge in [-0.1, -0.05) is 36.4 Å². The summed E-state index contributed by atoms with van der Waals surface area (Å²) in [5, 5.41) is 5.40. The summed E-state index contributed by atoms with van der Waals surface area (Å²) in [4.78, 5) is 19.0. The molecule has 0 aliphatic heterocycles. The Morgan fingerprint density at radius 3 is 2.65 bits per heavy atom. The standard InChI is InChI=1S/C26H27N3O2/c1-18-9-10-21(31-14-13-29(3)4)17-23(18)25(30)28-26(11-12-26)24-16-20(27-2)15-19-7-5-6-8-22(19)24/h5-10,15-17H,11-14H2,1,3-4H3,(H,28,30). The van der Waals surface area contributed by atoms with Gasteiger partial charge in [-0.15, -0.1) is 0 Å². The highest BCUT2D eigenvalue weighted by Crippen LogP contribution is 2.49. The number of benzene rings is 3. The lowest BCUT2D eigenvalue weighted by atomic mass is 9.95. The molecular formula is C26H27N3O2. The van der Waals surface area contributed by atoms with Crippen LogP contribution in [-0.2, 0) is 5.54 Å². The number of ether oxygens (including phenoxy) is 1. The molecule has 3 aromatic rings. The van der Waals surface area contributed by atoms with E-state index >= 15 is 0 Å². The molecule has 1 saturated carbocycles. The highest BCUT2D eigenvalue weighted by atomic mass is 16.5. The largest absolute Gasteiger partial charge is 0.492 e. The van der Waals surface area contributed by atoms with E-state index in [1.807, 2.05) is 69.6 Å². The van der Waals surface area contributed by atoms with Crippen molar-refractivity contribution in [2.24, 2.45) is 0 Å². The molecule has 5 heteroatoms. The lowest BCUT2D eigenvalue weighted by Gasteiger charge is -2.22. The number of fused-ring (bicyclic) bond motifs is 1. The van der Waals surface area contributed by atoms with Crippen molar-refractivity contribution in [3.05, 3.63) is 82.7 Å². The highest BCUT2D eigenvalue weighted by molar-refractivity contribution is 5.98. The van der Waals surface area contributed by atoms with E-state index in [9.17, 15) is 4.79 Å². The second-order valence-corrected chi connectivity index (χ2v) is 8.49. The number of amides is 1. The summed E-state index contributed by atoms with van der Waals surface area (Å²) in [6.45, 7) is 10.8. The van der Waals surface area contributed by atoms with Crippen molar-refractivity contribution in [1.82, 2.24) is 10.2 Å². The molecule has 1 amide bonds. The fourth-order valence-electron chi connectivity index (χ4n) is 3.91. The second-order valence-electron chi connectivity index (χ2n) is 8.49. The predicted octanol–water partition coefficient (Wildman–Crippen LogP) is 5.06. The van der Waals surface area contributed by atoms with Gasteiger partial charge in [0.2, 0.25) is 0 Å². The number of hydrogen-bond donors (Lipinski definition) is 1. The zero-order valence-corrected chi connectivity index (χ0v) is 18.2. The molecule has 1 aliphatic rings. The molecule has 0 radical (unpaired) electrons. The third-order valence-electron chi connectivity index (χ3n) is 5.85. The summed E-state index contributed by atoms with van der Waals surface area (Å²) < 4.78 is 5.83. The minimum absolute atomic E-state index is 0.106. The van der Waals surface area contributed by atoms with Crippen molar-refractivity contribution >= 4 is 22.4 Å². The number of carbonyl (C=O) groups excluding carboxylic acids is 1. The van der Waals surface area contributed by atoms with Crippen LogP contribution >= 0.6 is 0 Å². The monoisotopic (exact) mass is 413 g/mol. The third-order valence-corrected chi connectivity index (χ3v) is 5.85. The van der Waals surface area contributed by atoms with Crippen molar-refractivity contribution in [2.75, 3.05) is 27.2 Å². The Morgan fingerprint density at radius 2 is 1.94 bits per heavy atom. The van der Waals surface area contributed by atoms with E-state index < -0.39 is 5.54 Å². The Hall–Kier alpha value is -3.36. The summed E-state index contributed by atoms with van der Waals surface area (Å²) >= 11 is 0. The minimum atomic E-state index is -0.425. The fourth-order valence-corrected chi connectivity index (χ4v) is 3.91. The van der Waals surface area contributed by atoms with E-state index in [0.717, 1.165) is 41.3 Å². The van der Waals surface area contributed by atoms with Gasteiger partial charge < -0.3 is 15.0 Å². The molecule has 3 aromatic carbocycles. The molecule has 31 heavy (non-hydrogen) atoms. The molecule has 0 atom stereocenters. The molecule has 1 N–H and O–H groups in total. The van der Waals surface area contributed by atoms with E-state index in [2.05, 4.69) is 21.1 Å². The average molecular weight is 414 g/mol. The number of carbonyl (C=O) groups is 1. The Bertz CT molecular complexity index is 1170. The molecule has 0 heterocycles. The van der Waals surface area contributed by atoms with Gasteiger partial charge >= 0.3 is 0 Å². The van der Waals surface area contributed by atoms with Gasteiger partial charge in [0.25, 0.3) is 5.91 Å². The molecule has 0 spiro atoms. The van der Waals surface area contributed by atoms with Gasteiger partial charge in [-0.3, -0.25) is 4.79 Å². The number of nitrogens with one attached hydrogen (secondary N) is 1. The molecule has 158 valence electrons. The summed E-state index contributed by atoms with van der Waals surface area (Å²) in [6.07, 6.45) is 1.73. The smallest absolute Gasteiger partial charge is 0.252 e. The number of likely N-dealkylation sites (N-methyl/N-ethyl adjacent to an activating group) is 1. The van der Waals surface area contributed by atoms with Crippen LogP contribution in [-0.4, -0.2) is 38.1 Å². The average Bonchev–Trinajstić information content (AvgIpc) is 3.54. The molecule has 5 nitrogen and oxygen atoms in total. The van der Waals surface area contributed by atoms with Crippen LogP contribution in [0.3, 0.4) is 0 Å². The Kier molecular flexibility index (Phi) is 5.67. The quantitative estimate of drug-likeness (QED) is 0.551. The van der Waals surface area contributed by atoms with Crippen molar-refractivity contribution in [1.29, 1.82) is 0 Å². The molecule has 0 aromatic heterocycles. The zero-order valence-electron chi connectivity index (χ0n) is 18.2. The summed E-state index contributed by atoms with van der Waals surface area (Å²) in [5.41, 5.74) is 2.74. The van der Waals surface area contributed by atoms with E-state index in [0.29, 0.717) is 23.6 Å². The van der Waals surface area contributed by atoms with Crippen LogP contribution in [0.5, 0.6) is 5.75 Å². The minimum Gasteiger partial charge on any atom is -0.492 e. The topological polar surface area (TPSA) is 45.9 Å². The fraction of sp³-hybridized carbons (Fsp3) is 0.308. The first-order chi connectivity index (χ1) is 14.9. The van der Waals surface area contributed by atoms with Gasteiger partial charge in [0.05, 0.1) is 12.1 Å². The number of rotatable bonds is 7. The molecule has 0 saturated heterocycles. The first-order valence-electron chi connectivity index (χ1n) is 10.5. The van der Waals surface area contributed by atoms with Crippen LogP contribution in [0.4, 0.5) is 5.69 Å². The van der Waals surface area contributed by atoms with Crippen LogP contribution < -0.4 is 10.1 Å². The van der Waals surface area contributed by atoms with E-state index in [4.69, 9.17) is 11.3 Å². The second kappa shape index (κ2) is 8.41. The molecule has 4 rings (SSSR count). The number of hydrogen-bond acceptors (Lipinski definition) is 3. The SMILES string of the molecule is [C-]#[N+]c1cc(C2(NC(=O)c3cc(OCCN(C)C)ccc3C)CC2)c2ccccc2c1. The predicted molar refractivity (Wildman–Crippen MR) is 124 cm³/mol. The molecule has 1 fully saturated rings. The van der Waals surface area contributed by atoms with Crippen molar-refractivity contribution in [3.8, 4) is 5.75 Å². The van der Waals surface area contributed by atoms with Crippen molar-refractivity contribution in [2.45, 2.75) is 25.3 Å². The number of aryl methyl sites for hydroxylation is 1. The van der Waals surface area contributed by atoms with Crippen LogP contribution in [0.1, 0.15) is 34.3 Å². The van der Waals surface area contributed by atoms with Crippen molar-refractivity contribution in [3.63, 3.8) is 0 Å². The zero-order chi connectivity index (χ0) is 22.0. The Labute approximate surface area is 183 Å². The Morgan fingerprint density at radius 1 is 1.16 bits per heavy atom. The normalized spacial score (nSPS) is 14.3. The molecule has 0 unspecified atom stereocenters. The van der Waals surface area contributed by atoms with Crippen LogP contribution in [0, 0.1) is 13.5 Å². The van der Waals surface area contributed by atoms with Gasteiger partial charge in [0.1, 0.15) is 12.4 Å². The van der Waals surface area contributed by atoms with Crippen LogP contribution in [0.25, 0.3) is 15.6 Å². The molecule has 1 aliphatic carbocycles. The lowest BCUT2D eigenvalue weighted by Crippen LogP contribution is -2.35. The van der Waals surface area contributed by atoms with Crippen LogP contribution in [0.2, 0.25) is 0 Å². The maximum atomic E-state index is 13.3. The Balaban J connectivity index is 1.61. The highest BCUT2D eigenvalue weighted by Gasteiger charge is 2.46. The van der Waals surface area contributed by atoms with Gasteiger partial charge in [-0.05, 0) is 74.0 Å². The maximum absolute atomic E-state index is 13.3. The van der Waals surface area contributed by atoms with Crippen molar-refractivity contribution < 1.29 is 9.53 Å². The number of nitrogens with zero attached hydrogens (tertiary/aromatic N) is 2. The third kappa shape index (κ3) is 4.40. The van der Waals surface area contributed by atoms with Gasteiger partial charge in [-0.25, -0.2) is 4.85 Å². The molecular weight excluding hydrogens is 386 g/mol. The van der Waals surface area contributed by atoms with E-state index in [1.54, 1.807) is 0 Å². The lowest BCUT2D eigenvalue weighted by molar-refractivity contribution is 0.0930. The van der Waals surface area contributed by atoms with E-state index in [-0.39, 0.29) is 5.91 Å². The van der Waals surface area contributed by atoms with E-state index in [1.165, 1.54) is 0 Å². The van der Waals surface area contributed by atoms with Crippen LogP contribution in [0.15, 0.2) is 54.6 Å². The maximum Gasteiger partial charge on any atom is 0.252 e. The van der Waals surface area contributed by atoms with Gasteiger partial charge in [0, 0.05) is 12.1 Å². The summed E-state index contributed by atoms with van der Waals surface area (Å²) in [6, 6.07) is 17.5. The van der Waals surface area contributed by atoms with Gasteiger partial charge in [0.15, 0.2) is 5.69 Å². The first-order valence-corrected chi connectivity index (χ1v) is 10.5. The summed E-state index contributed by atoms with van der Waals surface area (Å²) in [7, 11) is 4.00. The first kappa shape index (κ1) is 20.9. The van der Waals surface area contributed by atoms with Gasteiger partial charge in [-0.2, -0.15) is 0 Å². The molecule has 0 bridgehead atoms.